The Hall–Kier alpha value is -0.830. The summed E-state index contributed by atoms with van der Waals surface area (Å²) in [5.74, 6) is 0. The number of ether oxygens (including phenoxy) is 1. The first kappa shape index (κ1) is 8.27. The van der Waals surface area contributed by atoms with Crippen molar-refractivity contribution in [3.05, 3.63) is 18.5 Å². The normalized spacial score (nSPS) is 13.3. The van der Waals surface area contributed by atoms with Gasteiger partial charge in [0.05, 0.1) is 12.6 Å². The topological polar surface area (TPSA) is 27.1 Å². The third-order valence-electron chi connectivity index (χ3n) is 1.54. The van der Waals surface area contributed by atoms with Crippen molar-refractivity contribution in [2.45, 2.75) is 19.9 Å². The molecule has 0 aromatic carbocycles. The molecule has 62 valence electrons. The van der Waals surface area contributed by atoms with Gasteiger partial charge in [0.25, 0.3) is 0 Å². The molecule has 1 unspecified atom stereocenters. The van der Waals surface area contributed by atoms with Gasteiger partial charge in [0.15, 0.2) is 0 Å². The summed E-state index contributed by atoms with van der Waals surface area (Å²) in [6.45, 7) is 5.59. The van der Waals surface area contributed by atoms with Crippen molar-refractivity contribution in [1.82, 2.24) is 9.78 Å². The molecule has 0 amide bonds. The van der Waals surface area contributed by atoms with Crippen LogP contribution in [0.3, 0.4) is 0 Å². The zero-order valence-corrected chi connectivity index (χ0v) is 7.03. The van der Waals surface area contributed by atoms with E-state index in [1.54, 1.807) is 6.20 Å². The van der Waals surface area contributed by atoms with Crippen LogP contribution in [0.2, 0.25) is 0 Å². The van der Waals surface area contributed by atoms with Crippen molar-refractivity contribution < 1.29 is 4.74 Å². The lowest BCUT2D eigenvalue weighted by Crippen LogP contribution is -2.12. The molecule has 0 aliphatic rings. The molecule has 3 nitrogen and oxygen atoms in total. The second-order valence-corrected chi connectivity index (χ2v) is 2.49. The minimum Gasteiger partial charge on any atom is -0.380 e. The quantitative estimate of drug-likeness (QED) is 0.656. The lowest BCUT2D eigenvalue weighted by atomic mass is 10.4. The van der Waals surface area contributed by atoms with E-state index in [-0.39, 0.29) is 0 Å². The maximum Gasteiger partial charge on any atom is 0.0724 e. The molecule has 0 bridgehead atoms. The summed E-state index contributed by atoms with van der Waals surface area (Å²) in [6.07, 6.45) is 3.73. The third kappa shape index (κ3) is 2.35. The zero-order chi connectivity index (χ0) is 8.10. The number of rotatable bonds is 4. The summed E-state index contributed by atoms with van der Waals surface area (Å²) in [5.41, 5.74) is 0. The second kappa shape index (κ2) is 4.13. The molecule has 1 rings (SSSR count). The Bertz CT molecular complexity index is 184. The Balaban J connectivity index is 2.36. The third-order valence-corrected chi connectivity index (χ3v) is 1.54. The smallest absolute Gasteiger partial charge is 0.0724 e. The first-order chi connectivity index (χ1) is 5.34. The molecule has 0 N–H and O–H groups in total. The summed E-state index contributed by atoms with van der Waals surface area (Å²) in [7, 11) is 0. The Morgan fingerprint density at radius 3 is 3.00 bits per heavy atom. The van der Waals surface area contributed by atoms with Crippen LogP contribution in [0.25, 0.3) is 0 Å². The van der Waals surface area contributed by atoms with Gasteiger partial charge in [-0.05, 0) is 19.9 Å². The van der Waals surface area contributed by atoms with Crippen molar-refractivity contribution >= 4 is 0 Å². The lowest BCUT2D eigenvalue weighted by Gasteiger charge is -2.10. The Labute approximate surface area is 67.0 Å². The van der Waals surface area contributed by atoms with E-state index >= 15 is 0 Å². The summed E-state index contributed by atoms with van der Waals surface area (Å²) in [5, 5.41) is 4.11. The maximum atomic E-state index is 5.26. The molecular formula is C8H14N2O. The highest BCUT2D eigenvalue weighted by Crippen LogP contribution is 2.02. The fourth-order valence-electron chi connectivity index (χ4n) is 0.906. The van der Waals surface area contributed by atoms with Gasteiger partial charge in [-0.3, -0.25) is 4.68 Å². The molecule has 11 heavy (non-hydrogen) atoms. The second-order valence-electron chi connectivity index (χ2n) is 2.49. The minimum atomic E-state index is 0.338. The zero-order valence-electron chi connectivity index (χ0n) is 7.03. The summed E-state index contributed by atoms with van der Waals surface area (Å²) >= 11 is 0. The average Bonchev–Trinajstić information content (AvgIpc) is 2.52. The van der Waals surface area contributed by atoms with Gasteiger partial charge in [0, 0.05) is 19.0 Å². The van der Waals surface area contributed by atoms with Crippen LogP contribution in [0.5, 0.6) is 0 Å². The van der Waals surface area contributed by atoms with Gasteiger partial charge >= 0.3 is 0 Å². The molecule has 0 aliphatic heterocycles. The number of hydrogen-bond donors (Lipinski definition) is 0. The molecular weight excluding hydrogens is 140 g/mol. The van der Waals surface area contributed by atoms with Crippen molar-refractivity contribution in [2.75, 3.05) is 13.2 Å². The summed E-state index contributed by atoms with van der Waals surface area (Å²) in [6, 6.07) is 2.26. The van der Waals surface area contributed by atoms with Gasteiger partial charge in [-0.1, -0.05) is 0 Å². The van der Waals surface area contributed by atoms with Crippen molar-refractivity contribution in [3.8, 4) is 0 Å². The van der Waals surface area contributed by atoms with Gasteiger partial charge < -0.3 is 4.74 Å². The van der Waals surface area contributed by atoms with Crippen LogP contribution < -0.4 is 0 Å². The predicted octanol–water partition coefficient (Wildman–Crippen LogP) is 1.48. The van der Waals surface area contributed by atoms with E-state index in [4.69, 9.17) is 4.74 Å². The molecule has 0 fully saturated rings. The molecule has 1 aromatic heterocycles. The molecule has 0 spiro atoms. The van der Waals surface area contributed by atoms with E-state index in [1.165, 1.54) is 0 Å². The van der Waals surface area contributed by atoms with Gasteiger partial charge in [0.2, 0.25) is 0 Å². The predicted molar refractivity (Wildman–Crippen MR) is 43.4 cm³/mol. The lowest BCUT2D eigenvalue weighted by molar-refractivity contribution is 0.115. The van der Waals surface area contributed by atoms with Crippen LogP contribution >= 0.6 is 0 Å². The van der Waals surface area contributed by atoms with E-state index in [9.17, 15) is 0 Å². The average molecular weight is 154 g/mol. The van der Waals surface area contributed by atoms with Gasteiger partial charge in [-0.25, -0.2) is 0 Å². The van der Waals surface area contributed by atoms with Crippen molar-refractivity contribution in [3.63, 3.8) is 0 Å². The summed E-state index contributed by atoms with van der Waals surface area (Å²) < 4.78 is 7.16. The van der Waals surface area contributed by atoms with E-state index in [0.29, 0.717) is 6.04 Å². The highest BCUT2D eigenvalue weighted by molar-refractivity contribution is 4.80. The number of hydrogen-bond acceptors (Lipinski definition) is 2. The first-order valence-corrected chi connectivity index (χ1v) is 3.91. The van der Waals surface area contributed by atoms with E-state index in [2.05, 4.69) is 12.0 Å². The van der Waals surface area contributed by atoms with E-state index < -0.39 is 0 Å². The molecule has 1 atom stereocenters. The Kier molecular flexibility index (Phi) is 3.11. The molecule has 1 heterocycles. The van der Waals surface area contributed by atoms with Crippen LogP contribution in [-0.2, 0) is 4.74 Å². The highest BCUT2D eigenvalue weighted by atomic mass is 16.5. The van der Waals surface area contributed by atoms with Crippen LogP contribution in [0.1, 0.15) is 19.9 Å². The number of nitrogens with zero attached hydrogens (tertiary/aromatic N) is 2. The van der Waals surface area contributed by atoms with Crippen molar-refractivity contribution in [2.24, 2.45) is 0 Å². The maximum absolute atomic E-state index is 5.26. The fraction of sp³-hybridized carbons (Fsp3) is 0.625. The van der Waals surface area contributed by atoms with Crippen LogP contribution in [0, 0.1) is 0 Å². The van der Waals surface area contributed by atoms with Gasteiger partial charge in [-0.15, -0.1) is 0 Å². The minimum absolute atomic E-state index is 0.338. The molecule has 0 saturated carbocycles. The SMILES string of the molecule is CCOCC(C)n1cccn1. The van der Waals surface area contributed by atoms with Gasteiger partial charge in [0.1, 0.15) is 0 Å². The Morgan fingerprint density at radius 1 is 1.64 bits per heavy atom. The van der Waals surface area contributed by atoms with Crippen LogP contribution in [0.4, 0.5) is 0 Å². The van der Waals surface area contributed by atoms with Crippen LogP contribution in [-0.4, -0.2) is 23.0 Å². The van der Waals surface area contributed by atoms with Gasteiger partial charge in [-0.2, -0.15) is 5.10 Å². The number of aromatic nitrogens is 2. The standard InChI is InChI=1S/C8H14N2O/c1-3-11-7-8(2)10-6-4-5-9-10/h4-6,8H,3,7H2,1-2H3. The fourth-order valence-corrected chi connectivity index (χ4v) is 0.906. The highest BCUT2D eigenvalue weighted by Gasteiger charge is 2.02. The van der Waals surface area contributed by atoms with E-state index in [0.717, 1.165) is 13.2 Å². The summed E-state index contributed by atoms with van der Waals surface area (Å²) in [4.78, 5) is 0. The Morgan fingerprint density at radius 2 is 2.45 bits per heavy atom. The monoisotopic (exact) mass is 154 g/mol. The van der Waals surface area contributed by atoms with Crippen LogP contribution in [0.15, 0.2) is 18.5 Å². The molecule has 3 heteroatoms. The molecule has 0 aliphatic carbocycles. The largest absolute Gasteiger partial charge is 0.380 e. The first-order valence-electron chi connectivity index (χ1n) is 3.91. The molecule has 0 saturated heterocycles. The molecule has 1 aromatic rings. The van der Waals surface area contributed by atoms with E-state index in [1.807, 2.05) is 23.9 Å². The van der Waals surface area contributed by atoms with Crippen molar-refractivity contribution in [1.29, 1.82) is 0 Å². The molecule has 0 radical (unpaired) electrons.